The highest BCUT2D eigenvalue weighted by molar-refractivity contribution is 6.34. The van der Waals surface area contributed by atoms with E-state index in [4.69, 9.17) is 9.84 Å². The lowest BCUT2D eigenvalue weighted by atomic mass is 10.0. The molecule has 0 saturated carbocycles. The van der Waals surface area contributed by atoms with Gasteiger partial charge < -0.3 is 9.84 Å². The first-order chi connectivity index (χ1) is 13.5. The monoisotopic (exact) mass is 373 g/mol. The third kappa shape index (κ3) is 2.72. The Bertz CT molecular complexity index is 1120. The largest absolute Gasteiger partial charge is 0.496 e. The van der Waals surface area contributed by atoms with E-state index in [2.05, 4.69) is 0 Å². The smallest absolute Gasteiger partial charge is 0.335 e. The summed E-state index contributed by atoms with van der Waals surface area (Å²) < 4.78 is 5.47. The zero-order valence-corrected chi connectivity index (χ0v) is 14.9. The summed E-state index contributed by atoms with van der Waals surface area (Å²) >= 11 is 0. The zero-order valence-electron chi connectivity index (χ0n) is 14.9. The predicted molar refractivity (Wildman–Crippen MR) is 103 cm³/mol. The van der Waals surface area contributed by atoms with Crippen LogP contribution in [0.3, 0.4) is 0 Å². The molecule has 3 aromatic carbocycles. The van der Waals surface area contributed by atoms with Crippen LogP contribution >= 0.6 is 0 Å². The maximum atomic E-state index is 12.8. The van der Waals surface area contributed by atoms with Gasteiger partial charge in [0.25, 0.3) is 11.8 Å². The number of imide groups is 1. The molecule has 0 bridgehead atoms. The molecule has 0 unspecified atom stereocenters. The summed E-state index contributed by atoms with van der Waals surface area (Å²) in [6, 6.07) is 18.6. The number of carboxylic acid groups (broad SMARTS) is 1. The molecule has 28 heavy (non-hydrogen) atoms. The molecule has 3 aromatic rings. The van der Waals surface area contributed by atoms with Gasteiger partial charge in [0.1, 0.15) is 5.75 Å². The number of anilines is 1. The number of aromatic carboxylic acids is 1. The summed E-state index contributed by atoms with van der Waals surface area (Å²) in [5, 5.41) is 9.13. The van der Waals surface area contributed by atoms with Gasteiger partial charge in [0.2, 0.25) is 0 Å². The van der Waals surface area contributed by atoms with E-state index in [0.29, 0.717) is 11.4 Å². The highest BCUT2D eigenvalue weighted by atomic mass is 16.5. The number of fused-ring (bicyclic) bond motifs is 1. The lowest BCUT2D eigenvalue weighted by Gasteiger charge is -2.17. The molecular formula is C22H15NO5. The van der Waals surface area contributed by atoms with Crippen molar-refractivity contribution in [2.45, 2.75) is 0 Å². The van der Waals surface area contributed by atoms with Gasteiger partial charge >= 0.3 is 5.97 Å². The molecule has 1 aliphatic rings. The van der Waals surface area contributed by atoms with Crippen LogP contribution in [0.2, 0.25) is 0 Å². The Morgan fingerprint density at radius 2 is 1.54 bits per heavy atom. The van der Waals surface area contributed by atoms with E-state index < -0.39 is 17.8 Å². The molecule has 0 radical (unpaired) electrons. The summed E-state index contributed by atoms with van der Waals surface area (Å²) in [6.45, 7) is 0. The quantitative estimate of drug-likeness (QED) is 0.702. The molecule has 4 rings (SSSR count). The van der Waals surface area contributed by atoms with Gasteiger partial charge in [-0.25, -0.2) is 9.69 Å². The molecule has 0 saturated heterocycles. The number of carboxylic acids is 1. The fraction of sp³-hybridized carbons (Fsp3) is 0.0455. The molecule has 0 atom stereocenters. The zero-order chi connectivity index (χ0) is 19.8. The van der Waals surface area contributed by atoms with Crippen molar-refractivity contribution in [3.8, 4) is 16.9 Å². The van der Waals surface area contributed by atoms with Gasteiger partial charge in [-0.05, 0) is 35.9 Å². The average molecular weight is 373 g/mol. The number of carbonyl (C=O) groups excluding carboxylic acids is 2. The second-order valence-electron chi connectivity index (χ2n) is 6.26. The first-order valence-corrected chi connectivity index (χ1v) is 8.51. The predicted octanol–water partition coefficient (Wildman–Crippen LogP) is 3.86. The van der Waals surface area contributed by atoms with Crippen LogP contribution in [0, 0.1) is 0 Å². The maximum Gasteiger partial charge on any atom is 0.335 e. The Labute approximate surface area is 160 Å². The number of carbonyl (C=O) groups is 3. The Morgan fingerprint density at radius 1 is 0.857 bits per heavy atom. The molecule has 0 aliphatic carbocycles. The SMILES string of the molecule is COc1cc(N2C(=O)c3ccc(C(=O)O)cc3C2=O)ccc1-c1ccccc1. The lowest BCUT2D eigenvalue weighted by molar-refractivity contribution is 0.0696. The molecule has 0 aromatic heterocycles. The van der Waals surface area contributed by atoms with Gasteiger partial charge in [-0.3, -0.25) is 9.59 Å². The van der Waals surface area contributed by atoms with Gasteiger partial charge in [-0.2, -0.15) is 0 Å². The summed E-state index contributed by atoms with van der Waals surface area (Å²) in [4.78, 5) is 37.8. The molecule has 6 nitrogen and oxygen atoms in total. The molecule has 1 N–H and O–H groups in total. The van der Waals surface area contributed by atoms with Crippen molar-refractivity contribution in [2.75, 3.05) is 12.0 Å². The number of hydrogen-bond acceptors (Lipinski definition) is 4. The second kappa shape index (κ2) is 6.66. The number of hydrogen-bond donors (Lipinski definition) is 1. The number of nitrogens with zero attached hydrogens (tertiary/aromatic N) is 1. The normalized spacial score (nSPS) is 12.8. The molecule has 1 aliphatic heterocycles. The number of amides is 2. The van der Waals surface area contributed by atoms with Crippen molar-refractivity contribution in [3.05, 3.63) is 83.4 Å². The van der Waals surface area contributed by atoms with Crippen LogP contribution < -0.4 is 9.64 Å². The minimum Gasteiger partial charge on any atom is -0.496 e. The van der Waals surface area contributed by atoms with E-state index in [1.165, 1.54) is 25.3 Å². The van der Waals surface area contributed by atoms with E-state index in [9.17, 15) is 14.4 Å². The van der Waals surface area contributed by atoms with Crippen LogP contribution in [0.1, 0.15) is 31.1 Å². The fourth-order valence-corrected chi connectivity index (χ4v) is 3.28. The van der Waals surface area contributed by atoms with Crippen molar-refractivity contribution < 1.29 is 24.2 Å². The minimum atomic E-state index is -1.16. The minimum absolute atomic E-state index is 0.0428. The molecule has 0 fully saturated rings. The summed E-state index contributed by atoms with van der Waals surface area (Å²) in [5.41, 5.74) is 2.35. The number of rotatable bonds is 4. The van der Waals surface area contributed by atoms with Gasteiger partial charge in [-0.15, -0.1) is 0 Å². The number of ether oxygens (including phenoxy) is 1. The van der Waals surface area contributed by atoms with Crippen LogP contribution in [0.5, 0.6) is 5.75 Å². The number of benzene rings is 3. The fourth-order valence-electron chi connectivity index (χ4n) is 3.28. The lowest BCUT2D eigenvalue weighted by Crippen LogP contribution is -2.29. The first-order valence-electron chi connectivity index (χ1n) is 8.51. The Kier molecular flexibility index (Phi) is 4.16. The van der Waals surface area contributed by atoms with Gasteiger partial charge in [0.05, 0.1) is 29.5 Å². The van der Waals surface area contributed by atoms with E-state index in [1.54, 1.807) is 18.2 Å². The maximum absolute atomic E-state index is 12.8. The Balaban J connectivity index is 1.76. The van der Waals surface area contributed by atoms with Crippen LogP contribution in [0.4, 0.5) is 5.69 Å². The summed E-state index contributed by atoms with van der Waals surface area (Å²) in [5.74, 6) is -1.69. The molecule has 0 spiro atoms. The molecule has 6 heteroatoms. The number of methoxy groups -OCH3 is 1. The van der Waals surface area contributed by atoms with Crippen LogP contribution in [-0.2, 0) is 0 Å². The highest BCUT2D eigenvalue weighted by Gasteiger charge is 2.37. The van der Waals surface area contributed by atoms with Crippen molar-refractivity contribution >= 4 is 23.5 Å². The van der Waals surface area contributed by atoms with Crippen LogP contribution in [0.15, 0.2) is 66.7 Å². The standard InChI is InChI=1S/C22H15NO5/c1-28-19-12-15(8-10-16(19)13-5-3-2-4-6-13)23-20(24)17-9-7-14(22(26)27)11-18(17)21(23)25/h2-12H,1H3,(H,26,27). The molecule has 138 valence electrons. The molecule has 2 amide bonds. The Hall–Kier alpha value is -3.93. The van der Waals surface area contributed by atoms with Crippen molar-refractivity contribution in [1.29, 1.82) is 0 Å². The van der Waals surface area contributed by atoms with Crippen molar-refractivity contribution in [3.63, 3.8) is 0 Å². The first kappa shape index (κ1) is 17.5. The van der Waals surface area contributed by atoms with E-state index in [-0.39, 0.29) is 16.7 Å². The third-order valence-corrected chi connectivity index (χ3v) is 4.66. The summed E-state index contributed by atoms with van der Waals surface area (Å²) in [7, 11) is 1.52. The van der Waals surface area contributed by atoms with E-state index in [1.807, 2.05) is 30.3 Å². The van der Waals surface area contributed by atoms with E-state index >= 15 is 0 Å². The van der Waals surface area contributed by atoms with E-state index in [0.717, 1.165) is 16.0 Å². The highest BCUT2D eigenvalue weighted by Crippen LogP contribution is 2.36. The third-order valence-electron chi connectivity index (χ3n) is 4.66. The van der Waals surface area contributed by atoms with Crippen LogP contribution in [0.25, 0.3) is 11.1 Å². The van der Waals surface area contributed by atoms with Crippen LogP contribution in [-0.4, -0.2) is 30.0 Å². The van der Waals surface area contributed by atoms with Gasteiger partial charge in [0, 0.05) is 11.6 Å². The second-order valence-corrected chi connectivity index (χ2v) is 6.26. The van der Waals surface area contributed by atoms with Gasteiger partial charge in [0.15, 0.2) is 0 Å². The van der Waals surface area contributed by atoms with Gasteiger partial charge in [-0.1, -0.05) is 30.3 Å². The topological polar surface area (TPSA) is 83.9 Å². The molecule has 1 heterocycles. The Morgan fingerprint density at radius 3 is 2.21 bits per heavy atom. The summed E-state index contributed by atoms with van der Waals surface area (Å²) in [6.07, 6.45) is 0. The van der Waals surface area contributed by atoms with Crippen molar-refractivity contribution in [1.82, 2.24) is 0 Å². The average Bonchev–Trinajstić information content (AvgIpc) is 2.98. The molecular weight excluding hydrogens is 358 g/mol. The van der Waals surface area contributed by atoms with Crippen molar-refractivity contribution in [2.24, 2.45) is 0 Å².